The summed E-state index contributed by atoms with van der Waals surface area (Å²) in [5.74, 6) is -4.26. The molecule has 4 rings (SSSR count). The fraction of sp³-hybridized carbons (Fsp3) is 0.0714. The summed E-state index contributed by atoms with van der Waals surface area (Å²) in [5.41, 5.74) is 5.08. The number of benzene rings is 3. The summed E-state index contributed by atoms with van der Waals surface area (Å²) in [5, 5.41) is 17.7. The molecule has 1 amide bonds. The normalized spacial score (nSPS) is 10.4. The van der Waals surface area contributed by atoms with Crippen LogP contribution in [0.2, 0.25) is 0 Å². The van der Waals surface area contributed by atoms with Crippen LogP contribution in [-0.4, -0.2) is 37.6 Å². The Morgan fingerprint density at radius 3 is 2.27 bits per heavy atom. The number of imidazole rings is 1. The standard InChI is InChI=1S/C26H22FN3O.C2H2O4/c1-19-17-30(18-29-19)25-12-10-20(15-24(25)27)11-13-26(31)28-16-21-6-5-9-23(14-21)22-7-3-2-4-8-22;3-1(4)2(5)6/h2-15,17-18H,16H2,1H3,(H,28,31);(H,3,4)(H,5,6). The quantitative estimate of drug-likeness (QED) is 0.265. The van der Waals surface area contributed by atoms with Crippen LogP contribution in [0.25, 0.3) is 22.9 Å². The lowest BCUT2D eigenvalue weighted by Gasteiger charge is -2.07. The Morgan fingerprint density at radius 1 is 0.946 bits per heavy atom. The molecule has 188 valence electrons. The molecule has 0 bridgehead atoms. The van der Waals surface area contributed by atoms with Gasteiger partial charge in [-0.05, 0) is 53.5 Å². The van der Waals surface area contributed by atoms with Gasteiger partial charge in [0.2, 0.25) is 5.91 Å². The number of nitrogens with zero attached hydrogens (tertiary/aromatic N) is 2. The molecule has 37 heavy (non-hydrogen) atoms. The van der Waals surface area contributed by atoms with Gasteiger partial charge in [0.05, 0.1) is 17.7 Å². The fourth-order valence-corrected chi connectivity index (χ4v) is 3.30. The van der Waals surface area contributed by atoms with Gasteiger partial charge in [0.25, 0.3) is 0 Å². The summed E-state index contributed by atoms with van der Waals surface area (Å²) in [6.45, 7) is 2.26. The topological polar surface area (TPSA) is 122 Å². The largest absolute Gasteiger partial charge is 0.473 e. The summed E-state index contributed by atoms with van der Waals surface area (Å²) >= 11 is 0. The minimum atomic E-state index is -1.82. The minimum Gasteiger partial charge on any atom is -0.473 e. The van der Waals surface area contributed by atoms with E-state index in [4.69, 9.17) is 19.8 Å². The average Bonchev–Trinajstić information content (AvgIpc) is 3.33. The van der Waals surface area contributed by atoms with Gasteiger partial charge in [-0.3, -0.25) is 4.79 Å². The molecule has 0 unspecified atom stereocenters. The van der Waals surface area contributed by atoms with Crippen molar-refractivity contribution in [3.05, 3.63) is 114 Å². The molecule has 1 aromatic heterocycles. The zero-order valence-electron chi connectivity index (χ0n) is 19.8. The van der Waals surface area contributed by atoms with E-state index in [0.29, 0.717) is 17.8 Å². The number of nitrogens with one attached hydrogen (secondary N) is 1. The number of carbonyl (C=O) groups is 3. The fourth-order valence-electron chi connectivity index (χ4n) is 3.30. The van der Waals surface area contributed by atoms with Crippen LogP contribution in [-0.2, 0) is 20.9 Å². The Morgan fingerprint density at radius 2 is 1.65 bits per heavy atom. The van der Waals surface area contributed by atoms with Crippen LogP contribution >= 0.6 is 0 Å². The van der Waals surface area contributed by atoms with E-state index < -0.39 is 11.9 Å². The van der Waals surface area contributed by atoms with Crippen molar-refractivity contribution in [2.45, 2.75) is 13.5 Å². The van der Waals surface area contributed by atoms with E-state index in [1.54, 1.807) is 35.3 Å². The second-order valence-corrected chi connectivity index (χ2v) is 7.86. The first-order valence-electron chi connectivity index (χ1n) is 11.1. The van der Waals surface area contributed by atoms with Crippen LogP contribution in [0.5, 0.6) is 0 Å². The molecular formula is C28H24FN3O5. The third kappa shape index (κ3) is 8.00. The lowest BCUT2D eigenvalue weighted by Crippen LogP contribution is -2.20. The van der Waals surface area contributed by atoms with Gasteiger partial charge in [-0.2, -0.15) is 0 Å². The van der Waals surface area contributed by atoms with Crippen molar-refractivity contribution in [1.29, 1.82) is 0 Å². The molecular weight excluding hydrogens is 477 g/mol. The molecule has 4 aromatic rings. The molecule has 0 spiro atoms. The first-order chi connectivity index (χ1) is 17.7. The number of carbonyl (C=O) groups excluding carboxylic acids is 1. The van der Waals surface area contributed by atoms with E-state index in [2.05, 4.69) is 28.5 Å². The van der Waals surface area contributed by atoms with Gasteiger partial charge in [-0.1, -0.05) is 54.6 Å². The van der Waals surface area contributed by atoms with Crippen LogP contribution in [0.1, 0.15) is 16.8 Å². The SMILES string of the molecule is Cc1cn(-c2ccc(C=CC(=O)NCc3cccc(-c4ccccc4)c3)cc2F)cn1.O=C(O)C(=O)O. The number of aromatic nitrogens is 2. The van der Waals surface area contributed by atoms with E-state index in [9.17, 15) is 9.18 Å². The van der Waals surface area contributed by atoms with Crippen LogP contribution < -0.4 is 5.32 Å². The highest BCUT2D eigenvalue weighted by molar-refractivity contribution is 6.27. The number of rotatable bonds is 6. The van der Waals surface area contributed by atoms with Gasteiger partial charge in [-0.15, -0.1) is 0 Å². The summed E-state index contributed by atoms with van der Waals surface area (Å²) < 4.78 is 16.1. The highest BCUT2D eigenvalue weighted by atomic mass is 19.1. The van der Waals surface area contributed by atoms with E-state index in [0.717, 1.165) is 22.4 Å². The number of aliphatic carboxylic acids is 2. The van der Waals surface area contributed by atoms with Crippen LogP contribution in [0.3, 0.4) is 0 Å². The van der Waals surface area contributed by atoms with Crippen molar-refractivity contribution in [2.24, 2.45) is 0 Å². The number of hydrogen-bond donors (Lipinski definition) is 3. The van der Waals surface area contributed by atoms with E-state index >= 15 is 0 Å². The predicted octanol–water partition coefficient (Wildman–Crippen LogP) is 4.47. The van der Waals surface area contributed by atoms with Crippen molar-refractivity contribution >= 4 is 23.9 Å². The van der Waals surface area contributed by atoms with Crippen LogP contribution in [0.4, 0.5) is 4.39 Å². The molecule has 0 saturated heterocycles. The number of carboxylic acid groups (broad SMARTS) is 2. The number of carboxylic acids is 2. The third-order valence-corrected chi connectivity index (χ3v) is 5.07. The Hall–Kier alpha value is -5.05. The predicted molar refractivity (Wildman–Crippen MR) is 136 cm³/mol. The van der Waals surface area contributed by atoms with Crippen molar-refractivity contribution < 1.29 is 29.0 Å². The maximum Gasteiger partial charge on any atom is 0.414 e. The smallest absolute Gasteiger partial charge is 0.414 e. The first-order valence-corrected chi connectivity index (χ1v) is 11.1. The molecule has 3 N–H and O–H groups in total. The molecule has 0 aliphatic rings. The zero-order valence-corrected chi connectivity index (χ0v) is 19.8. The van der Waals surface area contributed by atoms with Crippen LogP contribution in [0, 0.1) is 12.7 Å². The first kappa shape index (κ1) is 26.6. The highest BCUT2D eigenvalue weighted by Gasteiger charge is 2.06. The van der Waals surface area contributed by atoms with Gasteiger partial charge in [0.15, 0.2) is 0 Å². The number of amides is 1. The summed E-state index contributed by atoms with van der Waals surface area (Å²) in [6.07, 6.45) is 6.34. The lowest BCUT2D eigenvalue weighted by molar-refractivity contribution is -0.159. The molecule has 0 aliphatic carbocycles. The van der Waals surface area contributed by atoms with E-state index in [1.165, 1.54) is 12.1 Å². The Kier molecular flexibility index (Phi) is 9.04. The average molecular weight is 502 g/mol. The van der Waals surface area contributed by atoms with Gasteiger partial charge >= 0.3 is 11.9 Å². The summed E-state index contributed by atoms with van der Waals surface area (Å²) in [4.78, 5) is 34.5. The second kappa shape index (κ2) is 12.6. The van der Waals surface area contributed by atoms with Crippen molar-refractivity contribution in [3.63, 3.8) is 0 Å². The third-order valence-electron chi connectivity index (χ3n) is 5.07. The zero-order chi connectivity index (χ0) is 26.8. The van der Waals surface area contributed by atoms with Gasteiger partial charge in [0, 0.05) is 18.8 Å². The monoisotopic (exact) mass is 501 g/mol. The Bertz CT molecular complexity index is 1420. The molecule has 1 heterocycles. The maximum atomic E-state index is 14.4. The highest BCUT2D eigenvalue weighted by Crippen LogP contribution is 2.20. The molecule has 8 nitrogen and oxygen atoms in total. The van der Waals surface area contributed by atoms with Crippen LogP contribution in [0.15, 0.2) is 91.4 Å². The van der Waals surface area contributed by atoms with Gasteiger partial charge in [-0.25, -0.2) is 19.0 Å². The Labute approximate surface area is 212 Å². The molecule has 0 saturated carbocycles. The lowest BCUT2D eigenvalue weighted by atomic mass is 10.0. The van der Waals surface area contributed by atoms with Crippen molar-refractivity contribution in [1.82, 2.24) is 14.9 Å². The number of aryl methyl sites for hydroxylation is 1. The van der Waals surface area contributed by atoms with Gasteiger partial charge in [0.1, 0.15) is 5.82 Å². The molecule has 0 fully saturated rings. The summed E-state index contributed by atoms with van der Waals surface area (Å²) in [7, 11) is 0. The van der Waals surface area contributed by atoms with Crippen molar-refractivity contribution in [2.75, 3.05) is 0 Å². The number of hydrogen-bond acceptors (Lipinski definition) is 4. The Balaban J connectivity index is 0.000000568. The second-order valence-electron chi connectivity index (χ2n) is 7.86. The molecule has 0 atom stereocenters. The maximum absolute atomic E-state index is 14.4. The molecule has 3 aromatic carbocycles. The van der Waals surface area contributed by atoms with Crippen molar-refractivity contribution in [3.8, 4) is 16.8 Å². The van der Waals surface area contributed by atoms with E-state index in [1.807, 2.05) is 43.3 Å². The number of halogens is 1. The molecule has 0 aliphatic heterocycles. The van der Waals surface area contributed by atoms with Gasteiger partial charge < -0.3 is 20.1 Å². The molecule has 9 heteroatoms. The van der Waals surface area contributed by atoms with E-state index in [-0.39, 0.29) is 11.7 Å². The molecule has 0 radical (unpaired) electrons. The summed E-state index contributed by atoms with van der Waals surface area (Å²) in [6, 6.07) is 23.0. The minimum absolute atomic E-state index is 0.236.